The maximum absolute atomic E-state index is 5.55. The molecule has 0 nitrogen and oxygen atoms in total. The van der Waals surface area contributed by atoms with Gasteiger partial charge in [0.1, 0.15) is 0 Å². The largest absolute Gasteiger partial charge is 0.274 e. The Balaban J connectivity index is 2.85. The van der Waals surface area contributed by atoms with Crippen molar-refractivity contribution in [3.05, 3.63) is 34.4 Å². The van der Waals surface area contributed by atoms with Crippen LogP contribution in [0, 0.1) is 4.58 Å². The van der Waals surface area contributed by atoms with Crippen LogP contribution >= 0.6 is 30.7 Å². The van der Waals surface area contributed by atoms with Crippen LogP contribution in [0.4, 0.5) is 0 Å². The summed E-state index contributed by atoms with van der Waals surface area (Å²) in [5.41, 5.74) is 0. The Morgan fingerprint density at radius 1 is 1.00 bits per heavy atom. The topological polar surface area (TPSA) is 0 Å². The van der Waals surface area contributed by atoms with Crippen LogP contribution < -0.4 is 0 Å². The van der Waals surface area contributed by atoms with Crippen molar-refractivity contribution >= 4 is 30.7 Å². The van der Waals surface area contributed by atoms with E-state index in [-0.39, 0.29) is 0 Å². The van der Waals surface area contributed by atoms with Crippen molar-refractivity contribution in [1.82, 2.24) is 0 Å². The van der Waals surface area contributed by atoms with Crippen molar-refractivity contribution in [2.45, 2.75) is 0 Å². The molecule has 0 aliphatic carbocycles. The highest BCUT2D eigenvalue weighted by Crippen LogP contribution is 2.42. The molecule has 0 N–H and O–H groups in total. The zero-order valence-corrected chi connectivity index (χ0v) is 7.00. The predicted octanol–water partition coefficient (Wildman–Crippen LogP) is 3.73. The molecule has 0 atom stereocenters. The summed E-state index contributed by atoms with van der Waals surface area (Å²) in [5.74, 6) is 4.01. The minimum Gasteiger partial charge on any atom is -0.274 e. The lowest BCUT2D eigenvalue weighted by Crippen LogP contribution is -1.60. The van der Waals surface area contributed by atoms with E-state index >= 15 is 0 Å². The van der Waals surface area contributed by atoms with Gasteiger partial charge >= 0.3 is 0 Å². The van der Waals surface area contributed by atoms with Crippen LogP contribution in [-0.4, -0.2) is 0 Å². The normalized spacial score (nSPS) is 10.1. The Labute approximate surface area is 65.5 Å². The highest BCUT2D eigenvalue weighted by atomic mass is 35.5. The van der Waals surface area contributed by atoms with Crippen molar-refractivity contribution < 1.29 is 0 Å². The van der Waals surface area contributed by atoms with Crippen LogP contribution in [0.3, 0.4) is 0 Å². The van der Waals surface area contributed by atoms with Gasteiger partial charge in [0, 0.05) is 7.53 Å². The van der Waals surface area contributed by atoms with Gasteiger partial charge in [-0.3, -0.25) is 23.2 Å². The third kappa shape index (κ3) is 2.14. The molecule has 1 heterocycles. The second kappa shape index (κ2) is 3.41. The molecule has 1 aromatic rings. The predicted molar refractivity (Wildman–Crippen MR) is 43.9 cm³/mol. The Bertz CT molecular complexity index is 174. The van der Waals surface area contributed by atoms with Crippen molar-refractivity contribution in [3.8, 4) is 0 Å². The van der Waals surface area contributed by atoms with Gasteiger partial charge < -0.3 is 0 Å². The summed E-state index contributed by atoms with van der Waals surface area (Å²) in [4.78, 5) is 0. The Kier molecular flexibility index (Phi) is 2.78. The Morgan fingerprint density at radius 3 is 1.89 bits per heavy atom. The van der Waals surface area contributed by atoms with Crippen molar-refractivity contribution in [2.75, 3.05) is 0 Å². The first-order valence-electron chi connectivity index (χ1n) is 2.45. The Hall–Kier alpha value is 0.230. The third-order valence-electron chi connectivity index (χ3n) is 0.911. The number of rotatable bonds is 1. The summed E-state index contributed by atoms with van der Waals surface area (Å²) in [6, 6.07) is 5.86. The van der Waals surface area contributed by atoms with Gasteiger partial charge in [0.05, 0.1) is 16.2 Å². The molecule has 0 aliphatic heterocycles. The number of hydrogen-bond donors (Lipinski definition) is 0. The molecular weight excluding hydrogens is 174 g/mol. The van der Waals surface area contributed by atoms with E-state index in [1.54, 1.807) is 0 Å². The lowest BCUT2D eigenvalue weighted by Gasteiger charge is -1.99. The van der Waals surface area contributed by atoms with E-state index in [4.69, 9.17) is 23.2 Å². The van der Waals surface area contributed by atoms with E-state index in [0.717, 1.165) is 0 Å². The van der Waals surface area contributed by atoms with Gasteiger partial charge in [0.2, 0.25) is 0 Å². The van der Waals surface area contributed by atoms with E-state index in [2.05, 4.69) is 0 Å². The lowest BCUT2D eigenvalue weighted by atomic mass is 10.6. The van der Waals surface area contributed by atoms with Crippen LogP contribution in [0.2, 0.25) is 0 Å². The van der Waals surface area contributed by atoms with E-state index in [9.17, 15) is 0 Å². The quantitative estimate of drug-likeness (QED) is 0.576. The zero-order chi connectivity index (χ0) is 6.69. The Morgan fingerprint density at radius 2 is 1.56 bits per heavy atom. The highest BCUT2D eigenvalue weighted by Gasteiger charge is 1.97. The molecule has 1 aromatic heterocycles. The smallest absolute Gasteiger partial charge is 0.0838 e. The van der Waals surface area contributed by atoms with Gasteiger partial charge in [-0.25, -0.2) is 0 Å². The molecule has 0 aliphatic rings. The summed E-state index contributed by atoms with van der Waals surface area (Å²) in [6.45, 7) is 0. The van der Waals surface area contributed by atoms with Crippen molar-refractivity contribution in [3.63, 3.8) is 0 Å². The van der Waals surface area contributed by atoms with Crippen molar-refractivity contribution in [2.24, 2.45) is 0 Å². The summed E-state index contributed by atoms with van der Waals surface area (Å²) in [6.07, 6.45) is 0. The summed E-state index contributed by atoms with van der Waals surface area (Å²) in [5, 5.41) is 0. The van der Waals surface area contributed by atoms with Gasteiger partial charge in [0.25, 0.3) is 0 Å². The minimum absolute atomic E-state index is 0.464. The summed E-state index contributed by atoms with van der Waals surface area (Å²) in [7, 11) is -0.476. The van der Waals surface area contributed by atoms with Gasteiger partial charge in [-0.2, -0.15) is 0 Å². The molecule has 0 bridgehead atoms. The fourth-order valence-corrected chi connectivity index (χ4v) is 2.08. The van der Waals surface area contributed by atoms with E-state index < -0.39 is 7.53 Å². The highest BCUT2D eigenvalue weighted by molar-refractivity contribution is 7.57. The second-order valence-corrected chi connectivity index (χ2v) is 4.86. The number of hydrogen-bond acceptors (Lipinski definition) is 0. The second-order valence-electron chi connectivity index (χ2n) is 1.52. The standard InChI is InChI=1S/C6H5Cl2P/c7-6(8)9-4-2-1-3-5-9/h1-5H. The monoisotopic (exact) mass is 178 g/mol. The molecular formula is C6H5Cl2P. The molecule has 0 spiro atoms. The van der Waals surface area contributed by atoms with Crippen LogP contribution in [0.15, 0.2) is 29.8 Å². The third-order valence-corrected chi connectivity index (χ3v) is 3.46. The first kappa shape index (κ1) is 7.34. The van der Waals surface area contributed by atoms with Crippen LogP contribution in [0.5, 0.6) is 0 Å². The van der Waals surface area contributed by atoms with Crippen LogP contribution in [0.1, 0.15) is 0 Å². The molecule has 9 heavy (non-hydrogen) atoms. The SMILES string of the molecule is Cl[C-](Cl)[p+]1ccccc1. The maximum Gasteiger partial charge on any atom is 0.0838 e. The van der Waals surface area contributed by atoms with Gasteiger partial charge in [-0.1, -0.05) is 6.07 Å². The molecule has 0 fully saturated rings. The van der Waals surface area contributed by atoms with E-state index in [1.165, 1.54) is 0 Å². The summed E-state index contributed by atoms with van der Waals surface area (Å²) < 4.78 is 0.464. The fraction of sp³-hybridized carbons (Fsp3) is 0. The van der Waals surface area contributed by atoms with Crippen LogP contribution in [-0.2, 0) is 0 Å². The van der Waals surface area contributed by atoms with Gasteiger partial charge in [-0.05, 0) is 12.1 Å². The van der Waals surface area contributed by atoms with E-state index in [0.29, 0.717) is 4.58 Å². The van der Waals surface area contributed by atoms with E-state index in [1.807, 2.05) is 29.8 Å². The summed E-state index contributed by atoms with van der Waals surface area (Å²) >= 11 is 11.1. The minimum atomic E-state index is -0.476. The fourth-order valence-electron chi connectivity index (χ4n) is 0.511. The molecule has 0 saturated carbocycles. The van der Waals surface area contributed by atoms with Gasteiger partial charge in [0.15, 0.2) is 0 Å². The van der Waals surface area contributed by atoms with Crippen molar-refractivity contribution in [1.29, 1.82) is 0 Å². The number of halogens is 2. The molecule has 1 rings (SSSR count). The zero-order valence-electron chi connectivity index (χ0n) is 4.59. The first-order chi connectivity index (χ1) is 4.30. The molecule has 0 radical (unpaired) electrons. The lowest BCUT2D eigenvalue weighted by molar-refractivity contribution is 1.87. The molecule has 0 saturated heterocycles. The molecule has 0 amide bonds. The first-order valence-corrected chi connectivity index (χ1v) is 4.69. The van der Waals surface area contributed by atoms with Crippen LogP contribution in [0.25, 0.3) is 0 Å². The molecule has 48 valence electrons. The molecule has 3 heteroatoms. The average Bonchev–Trinajstić information content (AvgIpc) is 1.90. The van der Waals surface area contributed by atoms with Gasteiger partial charge in [-0.15, -0.1) is 0 Å². The molecule has 0 unspecified atom stereocenters. The molecule has 0 aromatic carbocycles. The average molecular weight is 179 g/mol. The maximum atomic E-state index is 5.55.